The lowest BCUT2D eigenvalue weighted by Crippen LogP contribution is -2.30. The van der Waals surface area contributed by atoms with Crippen LogP contribution >= 0.6 is 11.6 Å². The van der Waals surface area contributed by atoms with Crippen LogP contribution in [0.2, 0.25) is 5.02 Å². The van der Waals surface area contributed by atoms with E-state index in [2.05, 4.69) is 4.98 Å². The number of carbonyl (C=O) groups excluding carboxylic acids is 1. The number of pyridine rings is 1. The number of halogens is 1. The molecule has 0 spiro atoms. The molecule has 2 aromatic heterocycles. The fourth-order valence-corrected chi connectivity index (χ4v) is 2.62. The van der Waals surface area contributed by atoms with Crippen molar-refractivity contribution in [2.24, 2.45) is 0 Å². The fraction of sp³-hybridized carbons (Fsp3) is 0.176. The summed E-state index contributed by atoms with van der Waals surface area (Å²) in [5.74, 6) is -0.0316. The zero-order valence-electron chi connectivity index (χ0n) is 12.2. The molecule has 0 aliphatic carbocycles. The number of carbonyl (C=O) groups is 1. The molecule has 112 valence electrons. The molecular formula is C17H16ClN3O. The molecule has 0 saturated carbocycles. The molecule has 0 fully saturated rings. The number of hydrogen-bond acceptors (Lipinski definition) is 2. The third kappa shape index (κ3) is 2.83. The lowest BCUT2D eigenvalue weighted by atomic mass is 10.2. The fourth-order valence-electron chi connectivity index (χ4n) is 2.43. The largest absolute Gasteiger partial charge is 0.333 e. The van der Waals surface area contributed by atoms with Gasteiger partial charge in [-0.1, -0.05) is 23.7 Å². The third-order valence-corrected chi connectivity index (χ3v) is 3.82. The minimum absolute atomic E-state index is 0.0316. The highest BCUT2D eigenvalue weighted by Crippen LogP contribution is 2.15. The Morgan fingerprint density at radius 2 is 2.14 bits per heavy atom. The first-order chi connectivity index (χ1) is 10.7. The van der Waals surface area contributed by atoms with Crippen molar-refractivity contribution in [3.05, 3.63) is 71.1 Å². The van der Waals surface area contributed by atoms with Crippen molar-refractivity contribution >= 4 is 23.2 Å². The summed E-state index contributed by atoms with van der Waals surface area (Å²) >= 11 is 5.97. The van der Waals surface area contributed by atoms with Crippen molar-refractivity contribution in [3.8, 4) is 0 Å². The number of rotatable bonds is 4. The molecular weight excluding hydrogens is 298 g/mol. The maximum absolute atomic E-state index is 12.6. The summed E-state index contributed by atoms with van der Waals surface area (Å²) in [5, 5.41) is 0.566. The zero-order chi connectivity index (χ0) is 15.5. The van der Waals surface area contributed by atoms with Gasteiger partial charge < -0.3 is 9.30 Å². The van der Waals surface area contributed by atoms with E-state index in [9.17, 15) is 4.79 Å². The van der Waals surface area contributed by atoms with Crippen molar-refractivity contribution in [1.29, 1.82) is 0 Å². The van der Waals surface area contributed by atoms with Crippen molar-refractivity contribution in [2.75, 3.05) is 6.54 Å². The van der Waals surface area contributed by atoms with Gasteiger partial charge in [-0.05, 0) is 37.3 Å². The van der Waals surface area contributed by atoms with Crippen molar-refractivity contribution < 1.29 is 4.79 Å². The average Bonchev–Trinajstić information content (AvgIpc) is 2.95. The van der Waals surface area contributed by atoms with Crippen LogP contribution in [0.25, 0.3) is 5.65 Å². The minimum atomic E-state index is -0.0316. The Hall–Kier alpha value is -2.33. The topological polar surface area (TPSA) is 37.6 Å². The number of hydrogen-bond donors (Lipinski definition) is 0. The van der Waals surface area contributed by atoms with Crippen LogP contribution in [0.15, 0.2) is 54.9 Å². The Kier molecular flexibility index (Phi) is 4.11. The van der Waals surface area contributed by atoms with Crippen LogP contribution in [0.5, 0.6) is 0 Å². The van der Waals surface area contributed by atoms with Gasteiger partial charge in [0.15, 0.2) is 0 Å². The van der Waals surface area contributed by atoms with Gasteiger partial charge in [0, 0.05) is 23.3 Å². The molecule has 0 saturated heterocycles. The number of aromatic nitrogens is 2. The van der Waals surface area contributed by atoms with E-state index in [0.717, 1.165) is 11.3 Å². The molecule has 3 aromatic rings. The second-order valence-electron chi connectivity index (χ2n) is 5.01. The highest BCUT2D eigenvalue weighted by molar-refractivity contribution is 6.30. The summed E-state index contributed by atoms with van der Waals surface area (Å²) in [6.07, 6.45) is 3.76. The van der Waals surface area contributed by atoms with Gasteiger partial charge >= 0.3 is 0 Å². The molecule has 2 heterocycles. The predicted molar refractivity (Wildman–Crippen MR) is 87.1 cm³/mol. The highest BCUT2D eigenvalue weighted by atomic mass is 35.5. The lowest BCUT2D eigenvalue weighted by molar-refractivity contribution is 0.0750. The first-order valence-corrected chi connectivity index (χ1v) is 7.52. The Morgan fingerprint density at radius 3 is 2.91 bits per heavy atom. The molecule has 22 heavy (non-hydrogen) atoms. The van der Waals surface area contributed by atoms with Crippen molar-refractivity contribution in [1.82, 2.24) is 14.3 Å². The van der Waals surface area contributed by atoms with Crippen molar-refractivity contribution in [2.45, 2.75) is 13.5 Å². The van der Waals surface area contributed by atoms with E-state index in [1.807, 2.05) is 41.9 Å². The molecule has 0 N–H and O–H groups in total. The molecule has 0 radical (unpaired) electrons. The quantitative estimate of drug-likeness (QED) is 0.737. The summed E-state index contributed by atoms with van der Waals surface area (Å²) in [5.41, 5.74) is 2.46. The van der Waals surface area contributed by atoms with Gasteiger partial charge in [-0.2, -0.15) is 0 Å². The van der Waals surface area contributed by atoms with Crippen LogP contribution in [0, 0.1) is 0 Å². The van der Waals surface area contributed by atoms with Crippen LogP contribution in [-0.2, 0) is 6.54 Å². The number of amides is 1. The molecule has 4 nitrogen and oxygen atoms in total. The molecule has 1 amide bonds. The minimum Gasteiger partial charge on any atom is -0.333 e. The first kappa shape index (κ1) is 14.6. The molecule has 0 unspecified atom stereocenters. The Balaban J connectivity index is 1.87. The lowest BCUT2D eigenvalue weighted by Gasteiger charge is -2.20. The summed E-state index contributed by atoms with van der Waals surface area (Å²) < 4.78 is 1.99. The standard InChI is InChI=1S/C17H16ClN3O/c1-2-20(17(22)13-6-5-7-14(18)10-13)12-15-11-19-16-8-3-4-9-21(15)16/h3-11H,2,12H2,1H3. The van der Waals surface area contributed by atoms with E-state index in [0.29, 0.717) is 23.7 Å². The number of fused-ring (bicyclic) bond motifs is 1. The second-order valence-corrected chi connectivity index (χ2v) is 5.44. The first-order valence-electron chi connectivity index (χ1n) is 7.15. The third-order valence-electron chi connectivity index (χ3n) is 3.59. The molecule has 0 atom stereocenters. The normalized spacial score (nSPS) is 10.8. The van der Waals surface area contributed by atoms with Gasteiger partial charge in [0.2, 0.25) is 0 Å². The highest BCUT2D eigenvalue weighted by Gasteiger charge is 2.16. The van der Waals surface area contributed by atoms with Gasteiger partial charge in [0.1, 0.15) is 5.65 Å². The van der Waals surface area contributed by atoms with E-state index < -0.39 is 0 Å². The van der Waals surface area contributed by atoms with E-state index >= 15 is 0 Å². The maximum atomic E-state index is 12.6. The molecule has 0 aliphatic rings. The predicted octanol–water partition coefficient (Wildman–Crippen LogP) is 3.65. The van der Waals surface area contributed by atoms with Gasteiger partial charge in [0.25, 0.3) is 5.91 Å². The van der Waals surface area contributed by atoms with Gasteiger partial charge in [0.05, 0.1) is 18.4 Å². The maximum Gasteiger partial charge on any atom is 0.254 e. The molecule has 0 bridgehead atoms. The van der Waals surface area contributed by atoms with Crippen molar-refractivity contribution in [3.63, 3.8) is 0 Å². The van der Waals surface area contributed by atoms with Crippen LogP contribution in [0.4, 0.5) is 0 Å². The molecule has 1 aromatic carbocycles. The van der Waals surface area contributed by atoms with Gasteiger partial charge in [-0.15, -0.1) is 0 Å². The summed E-state index contributed by atoms with van der Waals surface area (Å²) in [4.78, 5) is 18.8. The number of benzene rings is 1. The molecule has 5 heteroatoms. The van der Waals surface area contributed by atoms with Gasteiger partial charge in [-0.3, -0.25) is 4.79 Å². The summed E-state index contributed by atoms with van der Waals surface area (Å²) in [6, 6.07) is 12.9. The summed E-state index contributed by atoms with van der Waals surface area (Å²) in [6.45, 7) is 3.09. The summed E-state index contributed by atoms with van der Waals surface area (Å²) in [7, 11) is 0. The number of imidazole rings is 1. The van der Waals surface area contributed by atoms with Crippen LogP contribution in [0.3, 0.4) is 0 Å². The zero-order valence-corrected chi connectivity index (χ0v) is 13.0. The van der Waals surface area contributed by atoms with E-state index in [4.69, 9.17) is 11.6 Å². The second kappa shape index (κ2) is 6.20. The Morgan fingerprint density at radius 1 is 1.27 bits per heavy atom. The van der Waals surface area contributed by atoms with E-state index in [1.54, 1.807) is 29.2 Å². The average molecular weight is 314 g/mol. The molecule has 0 aliphatic heterocycles. The Labute approximate surface area is 134 Å². The molecule has 3 rings (SSSR count). The van der Waals surface area contributed by atoms with E-state index in [1.165, 1.54) is 0 Å². The van der Waals surface area contributed by atoms with Crippen LogP contribution in [-0.4, -0.2) is 26.7 Å². The SMILES string of the molecule is CCN(Cc1cnc2ccccn12)C(=O)c1cccc(Cl)c1. The monoisotopic (exact) mass is 313 g/mol. The van der Waals surface area contributed by atoms with E-state index in [-0.39, 0.29) is 5.91 Å². The van der Waals surface area contributed by atoms with Crippen LogP contribution < -0.4 is 0 Å². The van der Waals surface area contributed by atoms with Crippen LogP contribution in [0.1, 0.15) is 23.0 Å². The number of nitrogens with zero attached hydrogens (tertiary/aromatic N) is 3. The smallest absolute Gasteiger partial charge is 0.254 e. The van der Waals surface area contributed by atoms with Gasteiger partial charge in [-0.25, -0.2) is 4.98 Å². The Bertz CT molecular complexity index is 812.